The maximum absolute atomic E-state index is 14.4. The van der Waals surface area contributed by atoms with E-state index in [4.69, 9.17) is 14.2 Å². The molecule has 5 saturated carbocycles. The molecule has 0 bridgehead atoms. The molecule has 0 radical (unpaired) electrons. The van der Waals surface area contributed by atoms with E-state index >= 15 is 0 Å². The second-order valence-electron chi connectivity index (χ2n) is 13.3. The maximum atomic E-state index is 14.4. The molecule has 0 aromatic rings. The zero-order valence-electron chi connectivity index (χ0n) is 21.4. The van der Waals surface area contributed by atoms with Crippen molar-refractivity contribution in [3.8, 4) is 0 Å². The van der Waals surface area contributed by atoms with Crippen LogP contribution in [0.5, 0.6) is 0 Å². The standard InChI is InChI=1S/C30H34O8/c1-12-4-5-15-13(2)26(34)36-23(15)20-17(12)10-19(32)29(20)9-8-28-7-6-16-14(3)27(35)37-24(16)21-18(11-31)22(33)25(29)30(21,28)38-28/h15-18,20-25,31,33H,1-11H2/t15-,16-,17-,18-,20-,21+,22-,23-,24-,25-,28?,29+,30?/m0/s1. The van der Waals surface area contributed by atoms with E-state index in [2.05, 4.69) is 19.7 Å². The minimum Gasteiger partial charge on any atom is -0.458 e. The normalized spacial score (nSPS) is 55.9. The predicted octanol–water partition coefficient (Wildman–Crippen LogP) is 2.03. The van der Waals surface area contributed by atoms with Crippen LogP contribution in [0.4, 0.5) is 0 Å². The number of ketones is 1. The average Bonchev–Trinajstić information content (AvgIpc) is 3.16. The molecule has 8 aliphatic rings. The second kappa shape index (κ2) is 7.07. The molecule has 8 fully saturated rings. The van der Waals surface area contributed by atoms with Gasteiger partial charge in [0.25, 0.3) is 0 Å². The van der Waals surface area contributed by atoms with E-state index in [0.717, 1.165) is 5.57 Å². The lowest BCUT2D eigenvalue weighted by molar-refractivity contribution is -0.156. The second-order valence-corrected chi connectivity index (χ2v) is 13.3. The summed E-state index contributed by atoms with van der Waals surface area (Å²) in [5.41, 5.74) is -0.528. The summed E-state index contributed by atoms with van der Waals surface area (Å²) in [6.45, 7) is 12.1. The Bertz CT molecular complexity index is 1250. The maximum Gasteiger partial charge on any atom is 0.334 e. The molecule has 2 unspecified atom stereocenters. The van der Waals surface area contributed by atoms with Gasteiger partial charge in [0.2, 0.25) is 0 Å². The lowest BCUT2D eigenvalue weighted by Gasteiger charge is -2.49. The highest BCUT2D eigenvalue weighted by atomic mass is 16.6. The molecule has 38 heavy (non-hydrogen) atoms. The molecule has 13 atom stereocenters. The summed E-state index contributed by atoms with van der Waals surface area (Å²) in [5, 5.41) is 22.7. The smallest absolute Gasteiger partial charge is 0.334 e. The van der Waals surface area contributed by atoms with Gasteiger partial charge in [-0.2, -0.15) is 0 Å². The van der Waals surface area contributed by atoms with Crippen LogP contribution in [0.15, 0.2) is 36.5 Å². The highest BCUT2D eigenvalue weighted by Gasteiger charge is 2.90. The van der Waals surface area contributed by atoms with Crippen LogP contribution in [-0.2, 0) is 28.6 Å². The Kier molecular flexibility index (Phi) is 4.39. The summed E-state index contributed by atoms with van der Waals surface area (Å²) in [7, 11) is 0. The van der Waals surface area contributed by atoms with Crippen LogP contribution in [-0.4, -0.2) is 64.1 Å². The van der Waals surface area contributed by atoms with Crippen molar-refractivity contribution in [3.05, 3.63) is 36.5 Å². The molecule has 202 valence electrons. The van der Waals surface area contributed by atoms with Crippen LogP contribution in [0.2, 0.25) is 0 Å². The van der Waals surface area contributed by atoms with Crippen molar-refractivity contribution in [3.63, 3.8) is 0 Å². The molecule has 8 nitrogen and oxygen atoms in total. The van der Waals surface area contributed by atoms with Gasteiger partial charge in [-0.1, -0.05) is 25.3 Å². The van der Waals surface area contributed by atoms with E-state index in [-0.39, 0.29) is 36.1 Å². The molecule has 0 aromatic heterocycles. The van der Waals surface area contributed by atoms with E-state index in [9.17, 15) is 24.6 Å². The van der Waals surface area contributed by atoms with Crippen molar-refractivity contribution < 1.29 is 38.8 Å². The number of ether oxygens (including phenoxy) is 3. The monoisotopic (exact) mass is 522 g/mol. The van der Waals surface area contributed by atoms with Gasteiger partial charge in [-0.25, -0.2) is 9.59 Å². The first kappa shape index (κ1) is 23.6. The third-order valence-corrected chi connectivity index (χ3v) is 12.5. The van der Waals surface area contributed by atoms with Crippen molar-refractivity contribution >= 4 is 17.7 Å². The van der Waals surface area contributed by atoms with Crippen molar-refractivity contribution in [1.29, 1.82) is 0 Å². The van der Waals surface area contributed by atoms with Crippen LogP contribution in [0.1, 0.15) is 44.9 Å². The first-order chi connectivity index (χ1) is 18.1. The molecule has 3 aliphatic heterocycles. The van der Waals surface area contributed by atoms with E-state index in [0.29, 0.717) is 56.1 Å². The molecule has 3 heterocycles. The zero-order chi connectivity index (χ0) is 26.5. The van der Waals surface area contributed by atoms with Gasteiger partial charge in [0.15, 0.2) is 0 Å². The fourth-order valence-electron chi connectivity index (χ4n) is 11.0. The summed E-state index contributed by atoms with van der Waals surface area (Å²) in [4.78, 5) is 39.7. The Balaban J connectivity index is 1.32. The molecule has 0 aromatic carbocycles. The topological polar surface area (TPSA) is 123 Å². The summed E-state index contributed by atoms with van der Waals surface area (Å²) in [6.07, 6.45) is 2.14. The van der Waals surface area contributed by atoms with E-state index in [1.54, 1.807) is 0 Å². The molecular weight excluding hydrogens is 488 g/mol. The van der Waals surface area contributed by atoms with Crippen molar-refractivity contribution in [1.82, 2.24) is 0 Å². The van der Waals surface area contributed by atoms with Crippen LogP contribution in [0, 0.1) is 46.8 Å². The molecule has 8 rings (SSSR count). The molecule has 0 amide bonds. The van der Waals surface area contributed by atoms with E-state index in [1.807, 2.05) is 0 Å². The number of esters is 2. The molecule has 5 aliphatic carbocycles. The van der Waals surface area contributed by atoms with Gasteiger partial charge in [-0.3, -0.25) is 4.79 Å². The Morgan fingerprint density at radius 1 is 0.868 bits per heavy atom. The number of aliphatic hydroxyl groups is 2. The van der Waals surface area contributed by atoms with Crippen LogP contribution < -0.4 is 0 Å². The number of hydrogen-bond donors (Lipinski definition) is 2. The van der Waals surface area contributed by atoms with Gasteiger partial charge in [-0.05, 0) is 44.4 Å². The number of carbonyl (C=O) groups excluding carboxylic acids is 3. The van der Waals surface area contributed by atoms with Crippen molar-refractivity contribution in [2.45, 2.75) is 74.5 Å². The molecular formula is C30H34O8. The van der Waals surface area contributed by atoms with Gasteiger partial charge in [0.1, 0.15) is 23.6 Å². The van der Waals surface area contributed by atoms with Crippen LogP contribution in [0.25, 0.3) is 0 Å². The quantitative estimate of drug-likeness (QED) is 0.232. The van der Waals surface area contributed by atoms with Gasteiger partial charge in [0, 0.05) is 65.1 Å². The molecule has 2 N–H and O–H groups in total. The van der Waals surface area contributed by atoms with Crippen LogP contribution in [0.3, 0.4) is 0 Å². The summed E-state index contributed by atoms with van der Waals surface area (Å²) in [6, 6.07) is 0. The first-order valence-corrected chi connectivity index (χ1v) is 14.1. The Morgan fingerprint density at radius 3 is 2.21 bits per heavy atom. The summed E-state index contributed by atoms with van der Waals surface area (Å²) < 4.78 is 18.7. The number of epoxide rings is 1. The minimum atomic E-state index is -1.03. The number of Topliss-reactive ketones (excluding diaryl/α,β-unsaturated/α-hetero) is 1. The molecule has 8 heteroatoms. The highest BCUT2D eigenvalue weighted by Crippen LogP contribution is 2.81. The highest BCUT2D eigenvalue weighted by molar-refractivity contribution is 5.93. The average molecular weight is 523 g/mol. The van der Waals surface area contributed by atoms with E-state index < -0.39 is 64.6 Å². The number of hydrogen-bond acceptors (Lipinski definition) is 8. The van der Waals surface area contributed by atoms with E-state index in [1.165, 1.54) is 0 Å². The number of fused-ring (bicyclic) bond motifs is 7. The zero-order valence-corrected chi connectivity index (χ0v) is 21.4. The molecule has 2 spiro atoms. The Morgan fingerprint density at radius 2 is 1.53 bits per heavy atom. The summed E-state index contributed by atoms with van der Waals surface area (Å²) >= 11 is 0. The number of allylic oxidation sites excluding steroid dienone is 1. The number of rotatable bonds is 1. The van der Waals surface area contributed by atoms with Crippen molar-refractivity contribution in [2.75, 3.05) is 6.61 Å². The largest absolute Gasteiger partial charge is 0.458 e. The Labute approximate surface area is 221 Å². The lowest BCUT2D eigenvalue weighted by atomic mass is 9.51. The third kappa shape index (κ3) is 2.32. The van der Waals surface area contributed by atoms with Gasteiger partial charge in [-0.15, -0.1) is 0 Å². The van der Waals surface area contributed by atoms with Crippen LogP contribution >= 0.6 is 0 Å². The third-order valence-electron chi connectivity index (χ3n) is 12.5. The molecule has 3 saturated heterocycles. The van der Waals surface area contributed by atoms with Gasteiger partial charge in [0.05, 0.1) is 11.7 Å². The minimum absolute atomic E-state index is 0.0661. The van der Waals surface area contributed by atoms with Gasteiger partial charge < -0.3 is 24.4 Å². The number of aliphatic hydroxyl groups excluding tert-OH is 2. The fourth-order valence-corrected chi connectivity index (χ4v) is 11.0. The predicted molar refractivity (Wildman–Crippen MR) is 131 cm³/mol. The first-order valence-electron chi connectivity index (χ1n) is 14.1. The number of carbonyl (C=O) groups is 3. The summed E-state index contributed by atoms with van der Waals surface area (Å²) in [5.74, 6) is -3.30. The van der Waals surface area contributed by atoms with Crippen molar-refractivity contribution in [2.24, 2.45) is 46.8 Å². The Hall–Kier alpha value is -2.29. The SMILES string of the molecule is C=C1C(=O)O[C@@H]2[C@H]3[C@H](CO)[C@H](O)[C@@H]4C35OC5(CC[C@@H]12)CC[C@]41C(=O)C[C@H]2C(=C)CC[C@H]3C(=C)C(=O)O[C@@H]3[C@H]21. The van der Waals surface area contributed by atoms with Gasteiger partial charge >= 0.3 is 11.9 Å². The fraction of sp³-hybridized carbons (Fsp3) is 0.700. The lowest BCUT2D eigenvalue weighted by Crippen LogP contribution is -2.59.